The maximum Gasteiger partial charge on any atom is 0.349 e. The van der Waals surface area contributed by atoms with E-state index in [2.05, 4.69) is 6.07 Å². The quantitative estimate of drug-likeness (QED) is 0.170. The first-order chi connectivity index (χ1) is 17.0. The van der Waals surface area contributed by atoms with Gasteiger partial charge < -0.3 is 23.7 Å². The van der Waals surface area contributed by atoms with Gasteiger partial charge in [-0.1, -0.05) is 25.1 Å². The monoisotopic (exact) mass is 473 g/mol. The van der Waals surface area contributed by atoms with E-state index >= 15 is 0 Å². The number of allylic oxidation sites excluding steroid dienone is 1. The average Bonchev–Trinajstić information content (AvgIpc) is 2.90. The van der Waals surface area contributed by atoms with Crippen molar-refractivity contribution in [3.63, 3.8) is 0 Å². The summed E-state index contributed by atoms with van der Waals surface area (Å²) in [6.45, 7) is 1.81. The Morgan fingerprint density at radius 3 is 2.29 bits per heavy atom. The molecule has 7 heteroatoms. The molecule has 7 nitrogen and oxygen atoms in total. The molecule has 0 aliphatic heterocycles. The summed E-state index contributed by atoms with van der Waals surface area (Å²) in [5.74, 6) is 1.75. The molecule has 0 spiro atoms. The number of nitrogens with zero attached hydrogens (tertiary/aromatic N) is 1. The smallest absolute Gasteiger partial charge is 0.349 e. The molecule has 3 aromatic rings. The van der Waals surface area contributed by atoms with Crippen molar-refractivity contribution >= 4 is 17.6 Å². The first-order valence-electron chi connectivity index (χ1n) is 11.0. The molecular formula is C28H27NO6. The molecule has 0 aromatic heterocycles. The van der Waals surface area contributed by atoms with Gasteiger partial charge in [-0.25, -0.2) is 4.79 Å². The highest BCUT2D eigenvalue weighted by molar-refractivity contribution is 5.90. The standard InChI is InChI=1S/C28H27NO6/c1-5-19-7-6-8-23(14-19)34-18-28(30)35-25-11-9-20(15-26(25)32-3)13-22(17-29)21-10-12-24(31-2)27(16-21)33-4/h6-16H,5,18H2,1-4H3/b22-13-. The number of nitriles is 1. The molecule has 0 heterocycles. The maximum absolute atomic E-state index is 12.3. The fraction of sp³-hybridized carbons (Fsp3) is 0.214. The van der Waals surface area contributed by atoms with Crippen LogP contribution in [0.3, 0.4) is 0 Å². The number of aryl methyl sites for hydroxylation is 1. The molecule has 180 valence electrons. The topological polar surface area (TPSA) is 87.0 Å². The highest BCUT2D eigenvalue weighted by atomic mass is 16.6. The number of carbonyl (C=O) groups excluding carboxylic acids is 1. The number of hydrogen-bond acceptors (Lipinski definition) is 7. The Hall–Kier alpha value is -4.44. The Morgan fingerprint density at radius 1 is 0.886 bits per heavy atom. The number of benzene rings is 3. The van der Waals surface area contributed by atoms with Crippen LogP contribution in [0.25, 0.3) is 11.6 Å². The molecule has 0 unspecified atom stereocenters. The third-order valence-electron chi connectivity index (χ3n) is 5.20. The van der Waals surface area contributed by atoms with Gasteiger partial charge in [0.2, 0.25) is 0 Å². The molecular weight excluding hydrogens is 446 g/mol. The van der Waals surface area contributed by atoms with Crippen LogP contribution in [0.15, 0.2) is 60.7 Å². The van der Waals surface area contributed by atoms with Gasteiger partial charge in [-0.15, -0.1) is 0 Å². The van der Waals surface area contributed by atoms with E-state index in [1.807, 2.05) is 25.1 Å². The number of ether oxygens (including phenoxy) is 5. The van der Waals surface area contributed by atoms with Gasteiger partial charge >= 0.3 is 5.97 Å². The minimum atomic E-state index is -0.559. The van der Waals surface area contributed by atoms with Crippen LogP contribution in [-0.2, 0) is 11.2 Å². The van der Waals surface area contributed by atoms with Gasteiger partial charge in [-0.2, -0.15) is 5.26 Å². The van der Waals surface area contributed by atoms with Gasteiger partial charge in [0.05, 0.1) is 33.0 Å². The van der Waals surface area contributed by atoms with Gasteiger partial charge in [-0.05, 0) is 71.7 Å². The van der Waals surface area contributed by atoms with E-state index in [1.54, 1.807) is 55.7 Å². The Labute approximate surface area is 205 Å². The van der Waals surface area contributed by atoms with Crippen LogP contribution in [-0.4, -0.2) is 33.9 Å². The summed E-state index contributed by atoms with van der Waals surface area (Å²) in [6, 6.07) is 20.0. The fourth-order valence-electron chi connectivity index (χ4n) is 3.36. The molecule has 3 aromatic carbocycles. The molecule has 0 aliphatic rings. The predicted molar refractivity (Wildman–Crippen MR) is 133 cm³/mol. The van der Waals surface area contributed by atoms with Crippen LogP contribution >= 0.6 is 0 Å². The number of carbonyl (C=O) groups is 1. The van der Waals surface area contributed by atoms with Gasteiger partial charge in [-0.3, -0.25) is 0 Å². The highest BCUT2D eigenvalue weighted by Crippen LogP contribution is 2.33. The first-order valence-corrected chi connectivity index (χ1v) is 11.0. The third kappa shape index (κ3) is 6.55. The summed E-state index contributed by atoms with van der Waals surface area (Å²) >= 11 is 0. The molecule has 0 saturated carbocycles. The lowest BCUT2D eigenvalue weighted by atomic mass is 10.0. The average molecular weight is 474 g/mol. The van der Waals surface area contributed by atoms with Gasteiger partial charge in [0, 0.05) is 0 Å². The maximum atomic E-state index is 12.3. The van der Waals surface area contributed by atoms with E-state index in [0.717, 1.165) is 12.0 Å². The van der Waals surface area contributed by atoms with E-state index in [-0.39, 0.29) is 12.4 Å². The van der Waals surface area contributed by atoms with E-state index in [9.17, 15) is 10.1 Å². The van der Waals surface area contributed by atoms with E-state index in [1.165, 1.54) is 14.2 Å². The summed E-state index contributed by atoms with van der Waals surface area (Å²) in [4.78, 5) is 12.3. The summed E-state index contributed by atoms with van der Waals surface area (Å²) in [6.07, 6.45) is 2.58. The molecule has 0 amide bonds. The molecule has 0 radical (unpaired) electrons. The largest absolute Gasteiger partial charge is 0.493 e. The molecule has 0 N–H and O–H groups in total. The first kappa shape index (κ1) is 25.2. The predicted octanol–water partition coefficient (Wildman–Crippen LogP) is 5.32. The second kappa shape index (κ2) is 12.1. The summed E-state index contributed by atoms with van der Waals surface area (Å²) in [5.41, 5.74) is 2.90. The van der Waals surface area contributed by atoms with Crippen molar-refractivity contribution < 1.29 is 28.5 Å². The lowest BCUT2D eigenvalue weighted by Crippen LogP contribution is -2.18. The second-order valence-electron chi connectivity index (χ2n) is 7.41. The molecule has 0 aliphatic carbocycles. The second-order valence-corrected chi connectivity index (χ2v) is 7.41. The van der Waals surface area contributed by atoms with Crippen molar-refractivity contribution in [1.29, 1.82) is 5.26 Å². The van der Waals surface area contributed by atoms with Gasteiger partial charge in [0.15, 0.2) is 29.6 Å². The minimum absolute atomic E-state index is 0.240. The third-order valence-corrected chi connectivity index (χ3v) is 5.20. The van der Waals surface area contributed by atoms with Crippen LogP contribution in [0.1, 0.15) is 23.6 Å². The van der Waals surface area contributed by atoms with Crippen LogP contribution in [0.5, 0.6) is 28.7 Å². The number of hydrogen-bond donors (Lipinski definition) is 0. The lowest BCUT2D eigenvalue weighted by Gasteiger charge is -2.12. The Kier molecular flexibility index (Phi) is 8.74. The molecule has 0 atom stereocenters. The molecule has 0 bridgehead atoms. The van der Waals surface area contributed by atoms with Crippen LogP contribution in [0.4, 0.5) is 0 Å². The number of methoxy groups -OCH3 is 3. The van der Waals surface area contributed by atoms with Crippen LogP contribution in [0.2, 0.25) is 0 Å². The zero-order chi connectivity index (χ0) is 25.2. The Morgan fingerprint density at radius 2 is 1.60 bits per heavy atom. The van der Waals surface area contributed by atoms with E-state index in [4.69, 9.17) is 23.7 Å². The number of rotatable bonds is 10. The lowest BCUT2D eigenvalue weighted by molar-refractivity contribution is -0.136. The highest BCUT2D eigenvalue weighted by Gasteiger charge is 2.13. The minimum Gasteiger partial charge on any atom is -0.493 e. The van der Waals surface area contributed by atoms with E-state index in [0.29, 0.717) is 39.7 Å². The molecule has 3 rings (SSSR count). The van der Waals surface area contributed by atoms with Crippen molar-refractivity contribution in [2.24, 2.45) is 0 Å². The molecule has 0 fully saturated rings. The number of esters is 1. The summed E-state index contributed by atoms with van der Waals surface area (Å²) in [5, 5.41) is 9.71. The van der Waals surface area contributed by atoms with Gasteiger partial charge in [0.1, 0.15) is 5.75 Å². The summed E-state index contributed by atoms with van der Waals surface area (Å²) < 4.78 is 27.0. The fourth-order valence-corrected chi connectivity index (χ4v) is 3.36. The van der Waals surface area contributed by atoms with Gasteiger partial charge in [0.25, 0.3) is 0 Å². The summed E-state index contributed by atoms with van der Waals surface area (Å²) in [7, 11) is 4.57. The normalized spacial score (nSPS) is 10.8. The van der Waals surface area contributed by atoms with Crippen molar-refractivity contribution in [3.8, 4) is 34.8 Å². The van der Waals surface area contributed by atoms with Crippen molar-refractivity contribution in [3.05, 3.63) is 77.4 Å². The molecule has 0 saturated heterocycles. The SMILES string of the molecule is CCc1cccc(OCC(=O)Oc2ccc(/C=C(/C#N)c3ccc(OC)c(OC)c3)cc2OC)c1. The van der Waals surface area contributed by atoms with Crippen LogP contribution in [0, 0.1) is 11.3 Å². The zero-order valence-electron chi connectivity index (χ0n) is 20.2. The van der Waals surface area contributed by atoms with Crippen molar-refractivity contribution in [2.75, 3.05) is 27.9 Å². The van der Waals surface area contributed by atoms with Crippen molar-refractivity contribution in [1.82, 2.24) is 0 Å². The van der Waals surface area contributed by atoms with Crippen molar-refractivity contribution in [2.45, 2.75) is 13.3 Å². The Balaban J connectivity index is 1.75. The van der Waals surface area contributed by atoms with E-state index < -0.39 is 5.97 Å². The van der Waals surface area contributed by atoms with Crippen LogP contribution < -0.4 is 23.7 Å². The Bertz CT molecular complexity index is 1260. The molecule has 35 heavy (non-hydrogen) atoms. The zero-order valence-corrected chi connectivity index (χ0v) is 20.2.